The average Bonchev–Trinajstić information content (AvgIpc) is 2.08. The summed E-state index contributed by atoms with van der Waals surface area (Å²) in [4.78, 5) is 11.2. The summed E-state index contributed by atoms with van der Waals surface area (Å²) < 4.78 is 41.5. The Hall–Kier alpha value is -0.820. The lowest BCUT2D eigenvalue weighted by Gasteiger charge is -2.21. The molecule has 0 saturated heterocycles. The predicted octanol–water partition coefficient (Wildman–Crippen LogP) is 1.61. The minimum absolute atomic E-state index is 0.0431. The highest BCUT2D eigenvalue weighted by atomic mass is 19.4. The van der Waals surface area contributed by atoms with Crippen LogP contribution < -0.4 is 0 Å². The lowest BCUT2D eigenvalue weighted by molar-refractivity contribution is -0.155. The molecule has 0 aromatic carbocycles. The third-order valence-electron chi connectivity index (χ3n) is 1.76. The highest BCUT2D eigenvalue weighted by molar-refractivity contribution is 5.69. The zero-order valence-corrected chi connectivity index (χ0v) is 9.96. The van der Waals surface area contributed by atoms with Crippen LogP contribution in [0.25, 0.3) is 0 Å². The summed E-state index contributed by atoms with van der Waals surface area (Å²) in [7, 11) is 0. The van der Waals surface area contributed by atoms with Gasteiger partial charge in [-0.1, -0.05) is 13.8 Å². The van der Waals surface area contributed by atoms with Gasteiger partial charge in [0.2, 0.25) is 0 Å². The molecular formula is C10H18F3NO3. The van der Waals surface area contributed by atoms with Gasteiger partial charge >= 0.3 is 12.1 Å². The van der Waals surface area contributed by atoms with E-state index in [0.29, 0.717) is 12.5 Å². The number of carboxylic acids is 1. The molecule has 0 aliphatic rings. The van der Waals surface area contributed by atoms with E-state index < -0.39 is 25.2 Å². The van der Waals surface area contributed by atoms with E-state index in [2.05, 4.69) is 0 Å². The Morgan fingerprint density at radius 2 is 2.00 bits per heavy atom. The summed E-state index contributed by atoms with van der Waals surface area (Å²) in [6.45, 7) is 2.48. The van der Waals surface area contributed by atoms with Crippen molar-refractivity contribution < 1.29 is 27.8 Å². The summed E-state index contributed by atoms with van der Waals surface area (Å²) in [5.74, 6) is -0.983. The zero-order valence-electron chi connectivity index (χ0n) is 9.96. The smallest absolute Gasteiger partial charge is 0.401 e. The van der Waals surface area contributed by atoms with Gasteiger partial charge in [-0.15, -0.1) is 0 Å². The standard InChI is InChI=1S/C10H18F3NO3/c1-8(2)6-17-4-3-14(5-9(15)16)7-10(11,12)13/h8H,3-7H2,1-2H3,(H,15,16). The number of hydrogen-bond donors (Lipinski definition) is 1. The molecule has 0 fully saturated rings. The van der Waals surface area contributed by atoms with Crippen molar-refractivity contribution >= 4 is 5.97 Å². The molecule has 0 spiro atoms. The molecule has 1 N–H and O–H groups in total. The molecule has 7 heteroatoms. The number of halogens is 3. The first-order valence-electron chi connectivity index (χ1n) is 5.29. The van der Waals surface area contributed by atoms with Crippen LogP contribution in [0.3, 0.4) is 0 Å². The van der Waals surface area contributed by atoms with Gasteiger partial charge in [0, 0.05) is 13.2 Å². The van der Waals surface area contributed by atoms with E-state index in [1.165, 1.54) is 0 Å². The lowest BCUT2D eigenvalue weighted by Crippen LogP contribution is -2.39. The van der Waals surface area contributed by atoms with Gasteiger partial charge in [0.25, 0.3) is 0 Å². The molecule has 4 nitrogen and oxygen atoms in total. The van der Waals surface area contributed by atoms with Gasteiger partial charge < -0.3 is 9.84 Å². The fourth-order valence-corrected chi connectivity index (χ4v) is 1.17. The molecule has 0 aliphatic carbocycles. The van der Waals surface area contributed by atoms with Crippen molar-refractivity contribution in [2.75, 3.05) is 32.8 Å². The Morgan fingerprint density at radius 3 is 2.41 bits per heavy atom. The number of carbonyl (C=O) groups is 1. The minimum Gasteiger partial charge on any atom is -0.480 e. The van der Waals surface area contributed by atoms with Crippen molar-refractivity contribution in [2.45, 2.75) is 20.0 Å². The van der Waals surface area contributed by atoms with Crippen molar-refractivity contribution in [3.05, 3.63) is 0 Å². The van der Waals surface area contributed by atoms with E-state index in [0.717, 1.165) is 4.90 Å². The van der Waals surface area contributed by atoms with E-state index in [1.54, 1.807) is 0 Å². The second-order valence-electron chi connectivity index (χ2n) is 4.19. The van der Waals surface area contributed by atoms with Crippen LogP contribution in [0.5, 0.6) is 0 Å². The summed E-state index contributed by atoms with van der Waals surface area (Å²) in [6.07, 6.45) is -4.40. The Labute approximate surface area is 98.3 Å². The number of ether oxygens (including phenoxy) is 1. The van der Waals surface area contributed by atoms with Gasteiger partial charge in [-0.25, -0.2) is 0 Å². The van der Waals surface area contributed by atoms with Gasteiger partial charge in [-0.3, -0.25) is 9.69 Å². The van der Waals surface area contributed by atoms with Gasteiger partial charge in [-0.2, -0.15) is 13.2 Å². The Morgan fingerprint density at radius 1 is 1.41 bits per heavy atom. The van der Waals surface area contributed by atoms with Crippen molar-refractivity contribution in [3.63, 3.8) is 0 Å². The zero-order chi connectivity index (χ0) is 13.5. The van der Waals surface area contributed by atoms with Gasteiger partial charge in [0.05, 0.1) is 19.7 Å². The van der Waals surface area contributed by atoms with E-state index in [9.17, 15) is 18.0 Å². The van der Waals surface area contributed by atoms with Crippen LogP contribution in [0.2, 0.25) is 0 Å². The first-order valence-corrected chi connectivity index (χ1v) is 5.29. The fourth-order valence-electron chi connectivity index (χ4n) is 1.17. The molecule has 0 aliphatic heterocycles. The maximum atomic E-state index is 12.1. The van der Waals surface area contributed by atoms with E-state index in [4.69, 9.17) is 9.84 Å². The number of rotatable bonds is 8. The largest absolute Gasteiger partial charge is 0.480 e. The molecule has 0 heterocycles. The second kappa shape index (κ2) is 7.50. The van der Waals surface area contributed by atoms with Crippen molar-refractivity contribution in [1.82, 2.24) is 4.90 Å². The molecule has 0 atom stereocenters. The summed E-state index contributed by atoms with van der Waals surface area (Å²) in [5.41, 5.74) is 0. The van der Waals surface area contributed by atoms with Gasteiger partial charge in [-0.05, 0) is 5.92 Å². The van der Waals surface area contributed by atoms with E-state index >= 15 is 0 Å². The third kappa shape index (κ3) is 11.4. The number of carboxylic acid groups (broad SMARTS) is 1. The summed E-state index contributed by atoms with van der Waals surface area (Å²) >= 11 is 0. The fraction of sp³-hybridized carbons (Fsp3) is 0.900. The predicted molar refractivity (Wildman–Crippen MR) is 55.8 cm³/mol. The van der Waals surface area contributed by atoms with Gasteiger partial charge in [0.1, 0.15) is 0 Å². The first-order chi connectivity index (χ1) is 7.70. The molecule has 0 amide bonds. The molecule has 17 heavy (non-hydrogen) atoms. The lowest BCUT2D eigenvalue weighted by atomic mass is 10.2. The quantitative estimate of drug-likeness (QED) is 0.671. The monoisotopic (exact) mass is 257 g/mol. The van der Waals surface area contributed by atoms with Crippen molar-refractivity contribution in [1.29, 1.82) is 0 Å². The summed E-state index contributed by atoms with van der Waals surface area (Å²) in [5, 5.41) is 8.48. The highest BCUT2D eigenvalue weighted by Crippen LogP contribution is 2.16. The van der Waals surface area contributed by atoms with Crippen LogP contribution in [-0.4, -0.2) is 55.0 Å². The molecule has 0 rings (SSSR count). The van der Waals surface area contributed by atoms with E-state index in [-0.39, 0.29) is 13.2 Å². The average molecular weight is 257 g/mol. The molecular weight excluding hydrogens is 239 g/mol. The molecule has 0 radical (unpaired) electrons. The molecule has 102 valence electrons. The number of hydrogen-bond acceptors (Lipinski definition) is 3. The minimum atomic E-state index is -4.40. The normalized spacial score (nSPS) is 12.4. The topological polar surface area (TPSA) is 49.8 Å². The van der Waals surface area contributed by atoms with Crippen LogP contribution in [0.15, 0.2) is 0 Å². The molecule has 0 saturated carbocycles. The molecule has 0 aromatic heterocycles. The van der Waals surface area contributed by atoms with Crippen molar-refractivity contribution in [3.8, 4) is 0 Å². The van der Waals surface area contributed by atoms with Crippen LogP contribution in [0.1, 0.15) is 13.8 Å². The van der Waals surface area contributed by atoms with E-state index in [1.807, 2.05) is 13.8 Å². The Bertz CT molecular complexity index is 231. The van der Waals surface area contributed by atoms with Gasteiger partial charge in [0.15, 0.2) is 0 Å². The molecule has 0 aromatic rings. The summed E-state index contributed by atoms with van der Waals surface area (Å²) in [6, 6.07) is 0. The molecule has 0 unspecified atom stereocenters. The third-order valence-corrected chi connectivity index (χ3v) is 1.76. The van der Waals surface area contributed by atoms with Crippen LogP contribution >= 0.6 is 0 Å². The number of aliphatic carboxylic acids is 1. The number of alkyl halides is 3. The van der Waals surface area contributed by atoms with Crippen LogP contribution in [0, 0.1) is 5.92 Å². The maximum Gasteiger partial charge on any atom is 0.401 e. The highest BCUT2D eigenvalue weighted by Gasteiger charge is 2.31. The maximum absolute atomic E-state index is 12.1. The second-order valence-corrected chi connectivity index (χ2v) is 4.19. The number of nitrogens with zero attached hydrogens (tertiary/aromatic N) is 1. The van der Waals surface area contributed by atoms with Crippen molar-refractivity contribution in [2.24, 2.45) is 5.92 Å². The molecule has 0 bridgehead atoms. The van der Waals surface area contributed by atoms with Crippen LogP contribution in [0.4, 0.5) is 13.2 Å². The first kappa shape index (κ1) is 16.2. The van der Waals surface area contributed by atoms with Crippen LogP contribution in [-0.2, 0) is 9.53 Å². The Balaban J connectivity index is 3.98. The Kier molecular flexibility index (Phi) is 7.13. The SMILES string of the molecule is CC(C)COCCN(CC(=O)O)CC(F)(F)F.